The molecule has 1 saturated heterocycles. The molecule has 1 aromatic rings. The molecule has 3 atom stereocenters. The summed E-state index contributed by atoms with van der Waals surface area (Å²) >= 11 is 3.32. The molecule has 1 heterocycles. The molecule has 2 amide bonds. The number of hydrogen-bond acceptors (Lipinski definition) is 3. The van der Waals surface area contributed by atoms with Crippen LogP contribution in [-0.4, -0.2) is 34.1 Å². The molecule has 3 unspecified atom stereocenters. The summed E-state index contributed by atoms with van der Waals surface area (Å²) in [6.45, 7) is 0. The monoisotopic (exact) mass is 353 g/mol. The average molecular weight is 354 g/mol. The van der Waals surface area contributed by atoms with E-state index in [1.165, 1.54) is 4.90 Å². The molecule has 1 aromatic carbocycles. The maximum absolute atomic E-state index is 12.6. The SMILES string of the molecule is NN(C(=O)C1C2CCC(C2)N1C(=O)O)c1ccc(Br)cc1. The molecule has 2 aliphatic rings. The first-order valence-electron chi connectivity index (χ1n) is 6.84. The standard InChI is InChI=1S/C14H16BrN3O3/c15-9-2-5-10(6-3-9)18(16)13(19)12-8-1-4-11(7-8)17(12)14(20)21/h2-3,5-6,8,11-12H,1,4,7,16H2,(H,20,21). The van der Waals surface area contributed by atoms with Gasteiger partial charge in [-0.2, -0.15) is 0 Å². The van der Waals surface area contributed by atoms with Crippen molar-refractivity contribution in [3.05, 3.63) is 28.7 Å². The number of amides is 2. The van der Waals surface area contributed by atoms with Gasteiger partial charge in [0.05, 0.1) is 5.69 Å². The fourth-order valence-corrected chi connectivity index (χ4v) is 3.72. The summed E-state index contributed by atoms with van der Waals surface area (Å²) in [4.78, 5) is 25.3. The van der Waals surface area contributed by atoms with E-state index in [0.29, 0.717) is 5.69 Å². The van der Waals surface area contributed by atoms with Crippen LogP contribution >= 0.6 is 15.9 Å². The van der Waals surface area contributed by atoms with E-state index in [1.54, 1.807) is 24.3 Å². The van der Waals surface area contributed by atoms with Crippen molar-refractivity contribution < 1.29 is 14.7 Å². The number of hydrazine groups is 1. The fraction of sp³-hybridized carbons (Fsp3) is 0.429. The fourth-order valence-electron chi connectivity index (χ4n) is 3.45. The minimum atomic E-state index is -1.04. The molecule has 1 aliphatic carbocycles. The molecule has 3 rings (SSSR count). The summed E-state index contributed by atoms with van der Waals surface area (Å²) in [5.74, 6) is 5.64. The minimum Gasteiger partial charge on any atom is -0.465 e. The number of nitrogens with zero attached hydrogens (tertiary/aromatic N) is 2. The highest BCUT2D eigenvalue weighted by atomic mass is 79.9. The highest BCUT2D eigenvalue weighted by molar-refractivity contribution is 9.10. The number of carbonyl (C=O) groups is 2. The van der Waals surface area contributed by atoms with E-state index in [4.69, 9.17) is 5.84 Å². The minimum absolute atomic E-state index is 0.0419. The van der Waals surface area contributed by atoms with Crippen molar-refractivity contribution >= 4 is 33.6 Å². The van der Waals surface area contributed by atoms with E-state index in [1.807, 2.05) is 0 Å². The molecule has 2 bridgehead atoms. The van der Waals surface area contributed by atoms with E-state index in [2.05, 4.69) is 15.9 Å². The van der Waals surface area contributed by atoms with Crippen molar-refractivity contribution in [1.82, 2.24) is 4.90 Å². The molecule has 6 nitrogen and oxygen atoms in total. The van der Waals surface area contributed by atoms with Gasteiger partial charge in [0.15, 0.2) is 0 Å². The van der Waals surface area contributed by atoms with Crippen LogP contribution in [0.25, 0.3) is 0 Å². The molecule has 21 heavy (non-hydrogen) atoms. The molecule has 7 heteroatoms. The van der Waals surface area contributed by atoms with Gasteiger partial charge in [0, 0.05) is 10.5 Å². The van der Waals surface area contributed by atoms with Gasteiger partial charge in [-0.15, -0.1) is 0 Å². The van der Waals surface area contributed by atoms with Gasteiger partial charge in [0.1, 0.15) is 6.04 Å². The van der Waals surface area contributed by atoms with Crippen molar-refractivity contribution in [2.24, 2.45) is 11.8 Å². The Balaban J connectivity index is 1.83. The Labute approximate surface area is 130 Å². The second-order valence-electron chi connectivity index (χ2n) is 5.55. The van der Waals surface area contributed by atoms with Crippen LogP contribution in [0.15, 0.2) is 28.7 Å². The number of piperidine rings is 1. The Hall–Kier alpha value is -1.60. The summed E-state index contributed by atoms with van der Waals surface area (Å²) in [7, 11) is 0. The number of carbonyl (C=O) groups excluding carboxylic acids is 1. The molecule has 0 spiro atoms. The number of likely N-dealkylation sites (tertiary alicyclic amines) is 1. The Kier molecular flexibility index (Phi) is 3.62. The molecule has 2 fully saturated rings. The largest absolute Gasteiger partial charge is 0.465 e. The van der Waals surface area contributed by atoms with Gasteiger partial charge in [0.2, 0.25) is 0 Å². The van der Waals surface area contributed by atoms with Crippen LogP contribution in [0.5, 0.6) is 0 Å². The predicted molar refractivity (Wildman–Crippen MR) is 80.6 cm³/mol. The van der Waals surface area contributed by atoms with Crippen LogP contribution in [0, 0.1) is 5.92 Å². The van der Waals surface area contributed by atoms with E-state index in [-0.39, 0.29) is 17.9 Å². The van der Waals surface area contributed by atoms with Crippen molar-refractivity contribution in [3.8, 4) is 0 Å². The Bertz CT molecular complexity index is 577. The molecule has 0 radical (unpaired) electrons. The van der Waals surface area contributed by atoms with Crippen LogP contribution in [0.2, 0.25) is 0 Å². The van der Waals surface area contributed by atoms with Gasteiger partial charge >= 0.3 is 6.09 Å². The Morgan fingerprint density at radius 3 is 2.57 bits per heavy atom. The Morgan fingerprint density at radius 1 is 1.29 bits per heavy atom. The summed E-state index contributed by atoms with van der Waals surface area (Å²) in [5.41, 5.74) is 0.552. The molecular weight excluding hydrogens is 338 g/mol. The lowest BCUT2D eigenvalue weighted by atomic mass is 9.98. The van der Waals surface area contributed by atoms with Crippen molar-refractivity contribution in [3.63, 3.8) is 0 Å². The second-order valence-corrected chi connectivity index (χ2v) is 6.46. The summed E-state index contributed by atoms with van der Waals surface area (Å²) in [6, 6.07) is 6.33. The van der Waals surface area contributed by atoms with Crippen LogP contribution in [0.4, 0.5) is 10.5 Å². The normalized spacial score (nSPS) is 27.0. The second kappa shape index (κ2) is 5.31. The zero-order chi connectivity index (χ0) is 15.1. The summed E-state index contributed by atoms with van der Waals surface area (Å²) in [6.07, 6.45) is 1.45. The van der Waals surface area contributed by atoms with E-state index in [0.717, 1.165) is 28.7 Å². The third-order valence-electron chi connectivity index (χ3n) is 4.40. The van der Waals surface area contributed by atoms with E-state index >= 15 is 0 Å². The number of anilines is 1. The molecular formula is C14H16BrN3O3. The van der Waals surface area contributed by atoms with E-state index in [9.17, 15) is 14.7 Å². The molecule has 0 aromatic heterocycles. The third-order valence-corrected chi connectivity index (χ3v) is 4.93. The maximum atomic E-state index is 12.6. The number of fused-ring (bicyclic) bond motifs is 2. The topological polar surface area (TPSA) is 86.9 Å². The third kappa shape index (κ3) is 2.40. The first-order chi connectivity index (χ1) is 9.99. The van der Waals surface area contributed by atoms with Crippen molar-refractivity contribution in [2.45, 2.75) is 31.3 Å². The zero-order valence-corrected chi connectivity index (χ0v) is 12.9. The summed E-state index contributed by atoms with van der Waals surface area (Å²) in [5, 5.41) is 10.4. The van der Waals surface area contributed by atoms with E-state index < -0.39 is 12.1 Å². The van der Waals surface area contributed by atoms with Gasteiger partial charge < -0.3 is 5.11 Å². The van der Waals surface area contributed by atoms with Gasteiger partial charge in [-0.1, -0.05) is 15.9 Å². The zero-order valence-electron chi connectivity index (χ0n) is 11.3. The highest BCUT2D eigenvalue weighted by Crippen LogP contribution is 2.43. The Morgan fingerprint density at radius 2 is 1.95 bits per heavy atom. The maximum Gasteiger partial charge on any atom is 0.408 e. The van der Waals surface area contributed by atoms with Crippen LogP contribution < -0.4 is 10.9 Å². The number of benzene rings is 1. The van der Waals surface area contributed by atoms with Crippen LogP contribution in [0.3, 0.4) is 0 Å². The lowest BCUT2D eigenvalue weighted by Crippen LogP contribution is -2.55. The molecule has 1 aliphatic heterocycles. The first kappa shape index (κ1) is 14.3. The van der Waals surface area contributed by atoms with Crippen LogP contribution in [-0.2, 0) is 4.79 Å². The lowest BCUT2D eigenvalue weighted by molar-refractivity contribution is -0.124. The number of carboxylic acid groups (broad SMARTS) is 1. The quantitative estimate of drug-likeness (QED) is 0.484. The average Bonchev–Trinajstić information content (AvgIpc) is 3.07. The number of hydrogen-bond donors (Lipinski definition) is 2. The lowest BCUT2D eigenvalue weighted by Gasteiger charge is -2.34. The predicted octanol–water partition coefficient (Wildman–Crippen LogP) is 2.19. The smallest absolute Gasteiger partial charge is 0.408 e. The molecule has 3 N–H and O–H groups in total. The van der Waals surface area contributed by atoms with Gasteiger partial charge in [-0.3, -0.25) is 9.69 Å². The van der Waals surface area contributed by atoms with Crippen molar-refractivity contribution in [2.75, 3.05) is 5.01 Å². The molecule has 112 valence electrons. The number of nitrogens with two attached hydrogens (primary N) is 1. The van der Waals surface area contributed by atoms with Gasteiger partial charge in [0.25, 0.3) is 5.91 Å². The molecule has 1 saturated carbocycles. The number of halogens is 1. The first-order valence-corrected chi connectivity index (χ1v) is 7.64. The van der Waals surface area contributed by atoms with Gasteiger partial charge in [-0.25, -0.2) is 15.6 Å². The van der Waals surface area contributed by atoms with Gasteiger partial charge in [-0.05, 0) is 49.4 Å². The highest BCUT2D eigenvalue weighted by Gasteiger charge is 2.52. The number of rotatable bonds is 2. The van der Waals surface area contributed by atoms with Crippen molar-refractivity contribution in [1.29, 1.82) is 0 Å². The summed E-state index contributed by atoms with van der Waals surface area (Å²) < 4.78 is 0.888. The van der Waals surface area contributed by atoms with Crippen LogP contribution in [0.1, 0.15) is 19.3 Å².